The van der Waals surface area contributed by atoms with Gasteiger partial charge in [0.2, 0.25) is 0 Å². The molecule has 0 saturated heterocycles. The molecule has 138 valence electrons. The Morgan fingerprint density at radius 2 is 2.00 bits per heavy atom. The molecule has 2 aromatic rings. The number of nitro groups is 1. The number of hydrogen-bond acceptors (Lipinski definition) is 6. The Labute approximate surface area is 163 Å². The molecule has 0 fully saturated rings. The smallest absolute Gasteiger partial charge is 0.296 e. The van der Waals surface area contributed by atoms with E-state index in [1.54, 1.807) is 24.3 Å². The van der Waals surface area contributed by atoms with Crippen molar-refractivity contribution in [3.05, 3.63) is 62.1 Å². The van der Waals surface area contributed by atoms with Gasteiger partial charge in [-0.3, -0.25) is 14.9 Å². The number of ether oxygens (including phenoxy) is 2. The Balaban J connectivity index is 2.32. The van der Waals surface area contributed by atoms with E-state index in [9.17, 15) is 20.2 Å². The molecule has 0 heterocycles. The van der Waals surface area contributed by atoms with Crippen molar-refractivity contribution in [3.63, 3.8) is 0 Å². The van der Waals surface area contributed by atoms with Gasteiger partial charge in [0.1, 0.15) is 28.8 Å². The molecule has 0 aliphatic carbocycles. The van der Waals surface area contributed by atoms with Crippen molar-refractivity contribution in [1.29, 1.82) is 5.26 Å². The van der Waals surface area contributed by atoms with Crippen LogP contribution in [0.25, 0.3) is 6.08 Å². The lowest BCUT2D eigenvalue weighted by Crippen LogP contribution is -2.14. The Hall–Kier alpha value is -3.38. The second-order valence-corrected chi connectivity index (χ2v) is 6.01. The molecule has 0 aromatic heterocycles. The molecule has 27 heavy (non-hydrogen) atoms. The number of nitriles is 1. The van der Waals surface area contributed by atoms with E-state index in [4.69, 9.17) is 9.47 Å². The van der Waals surface area contributed by atoms with Gasteiger partial charge < -0.3 is 14.8 Å². The van der Waals surface area contributed by atoms with Gasteiger partial charge in [-0.1, -0.05) is 6.07 Å². The first-order valence-electron chi connectivity index (χ1n) is 7.48. The van der Waals surface area contributed by atoms with E-state index in [0.717, 1.165) is 0 Å². The van der Waals surface area contributed by atoms with Crippen LogP contribution in [0.5, 0.6) is 11.5 Å². The molecule has 0 aliphatic rings. The Morgan fingerprint density at radius 1 is 1.26 bits per heavy atom. The van der Waals surface area contributed by atoms with Crippen molar-refractivity contribution in [2.75, 3.05) is 19.5 Å². The number of carbonyl (C=O) groups excluding carboxylic acids is 1. The molecule has 2 rings (SSSR count). The van der Waals surface area contributed by atoms with E-state index in [1.807, 2.05) is 0 Å². The van der Waals surface area contributed by atoms with Gasteiger partial charge in [0.25, 0.3) is 11.6 Å². The third-order valence-electron chi connectivity index (χ3n) is 3.50. The van der Waals surface area contributed by atoms with Crippen molar-refractivity contribution >= 4 is 39.3 Å². The Kier molecular flexibility index (Phi) is 6.51. The lowest BCUT2D eigenvalue weighted by molar-refractivity contribution is -0.384. The number of nitro benzene ring substituents is 1. The molecule has 0 atom stereocenters. The van der Waals surface area contributed by atoms with E-state index >= 15 is 0 Å². The van der Waals surface area contributed by atoms with Crippen molar-refractivity contribution in [2.45, 2.75) is 0 Å². The lowest BCUT2D eigenvalue weighted by Gasteiger charge is -2.07. The summed E-state index contributed by atoms with van der Waals surface area (Å²) in [5, 5.41) is 22.9. The number of amides is 1. The molecule has 0 radical (unpaired) electrons. The summed E-state index contributed by atoms with van der Waals surface area (Å²) in [7, 11) is 2.90. The van der Waals surface area contributed by atoms with Crippen molar-refractivity contribution in [2.24, 2.45) is 0 Å². The third kappa shape index (κ3) is 4.83. The first-order valence-corrected chi connectivity index (χ1v) is 8.28. The molecule has 1 amide bonds. The summed E-state index contributed by atoms with van der Waals surface area (Å²) < 4.78 is 10.7. The zero-order chi connectivity index (χ0) is 20.0. The number of halogens is 1. The second-order valence-electron chi connectivity index (χ2n) is 5.16. The average molecular weight is 432 g/mol. The maximum atomic E-state index is 12.4. The monoisotopic (exact) mass is 431 g/mol. The standard InChI is InChI=1S/C18H14BrN3O5/c1-26-13-4-5-15(16(9-13)22(24)25)21-18(23)12(10-20)7-11-3-6-17(27-2)14(19)8-11/h3-9H,1-2H3,(H,21,23)/b12-7+. The maximum absolute atomic E-state index is 12.4. The number of benzene rings is 2. The number of hydrogen-bond donors (Lipinski definition) is 1. The van der Waals surface area contributed by atoms with E-state index in [-0.39, 0.29) is 22.7 Å². The summed E-state index contributed by atoms with van der Waals surface area (Å²) in [5.41, 5.74) is -0.00849. The van der Waals surface area contributed by atoms with E-state index in [2.05, 4.69) is 21.2 Å². The minimum atomic E-state index is -0.766. The van der Waals surface area contributed by atoms with E-state index in [0.29, 0.717) is 15.8 Å². The molecule has 8 nitrogen and oxygen atoms in total. The summed E-state index contributed by atoms with van der Waals surface area (Å²) in [5.74, 6) is 0.112. The van der Waals surface area contributed by atoms with Gasteiger partial charge in [0, 0.05) is 0 Å². The number of anilines is 1. The van der Waals surface area contributed by atoms with Gasteiger partial charge in [-0.2, -0.15) is 5.26 Å². The molecule has 0 unspecified atom stereocenters. The van der Waals surface area contributed by atoms with Gasteiger partial charge in [0.15, 0.2) is 0 Å². The van der Waals surface area contributed by atoms with Crippen LogP contribution < -0.4 is 14.8 Å². The highest BCUT2D eigenvalue weighted by molar-refractivity contribution is 9.10. The van der Waals surface area contributed by atoms with Crippen LogP contribution in [-0.4, -0.2) is 25.1 Å². The molecule has 1 N–H and O–H groups in total. The lowest BCUT2D eigenvalue weighted by atomic mass is 10.1. The highest BCUT2D eigenvalue weighted by Crippen LogP contribution is 2.30. The molecular weight excluding hydrogens is 418 g/mol. The summed E-state index contributed by atoms with van der Waals surface area (Å²) in [6, 6.07) is 10.8. The predicted octanol–water partition coefficient (Wildman–Crippen LogP) is 3.92. The molecule has 0 bridgehead atoms. The van der Waals surface area contributed by atoms with E-state index < -0.39 is 10.8 Å². The summed E-state index contributed by atoms with van der Waals surface area (Å²) >= 11 is 3.32. The topological polar surface area (TPSA) is 114 Å². The molecule has 0 saturated carbocycles. The first-order chi connectivity index (χ1) is 12.9. The van der Waals surface area contributed by atoms with Crippen LogP contribution in [0.4, 0.5) is 11.4 Å². The van der Waals surface area contributed by atoms with Crippen LogP contribution in [0.2, 0.25) is 0 Å². The van der Waals surface area contributed by atoms with Crippen LogP contribution in [0.15, 0.2) is 46.4 Å². The fourth-order valence-corrected chi connectivity index (χ4v) is 2.73. The number of carbonyl (C=O) groups is 1. The predicted molar refractivity (Wildman–Crippen MR) is 103 cm³/mol. The summed E-state index contributed by atoms with van der Waals surface area (Å²) in [6.07, 6.45) is 1.37. The minimum Gasteiger partial charge on any atom is -0.496 e. The van der Waals surface area contributed by atoms with Crippen molar-refractivity contribution < 1.29 is 19.2 Å². The molecule has 2 aromatic carbocycles. The fraction of sp³-hybridized carbons (Fsp3) is 0.111. The van der Waals surface area contributed by atoms with Gasteiger partial charge >= 0.3 is 0 Å². The molecular formula is C18H14BrN3O5. The number of methoxy groups -OCH3 is 2. The molecule has 0 spiro atoms. The largest absolute Gasteiger partial charge is 0.496 e. The first kappa shape index (κ1) is 19.9. The fourth-order valence-electron chi connectivity index (χ4n) is 2.17. The van der Waals surface area contributed by atoms with Crippen molar-refractivity contribution in [3.8, 4) is 17.6 Å². The molecule has 0 aliphatic heterocycles. The van der Waals surface area contributed by atoms with Crippen LogP contribution in [0.3, 0.4) is 0 Å². The van der Waals surface area contributed by atoms with E-state index in [1.165, 1.54) is 38.5 Å². The van der Waals surface area contributed by atoms with Crippen LogP contribution in [0.1, 0.15) is 5.56 Å². The highest BCUT2D eigenvalue weighted by Gasteiger charge is 2.19. The quantitative estimate of drug-likeness (QED) is 0.320. The Bertz CT molecular complexity index is 966. The Morgan fingerprint density at radius 3 is 2.56 bits per heavy atom. The van der Waals surface area contributed by atoms with Crippen LogP contribution in [-0.2, 0) is 4.79 Å². The van der Waals surface area contributed by atoms with Gasteiger partial charge in [-0.15, -0.1) is 0 Å². The van der Waals surface area contributed by atoms with Gasteiger partial charge in [0.05, 0.1) is 29.7 Å². The number of rotatable bonds is 6. The third-order valence-corrected chi connectivity index (χ3v) is 4.12. The van der Waals surface area contributed by atoms with Crippen LogP contribution in [0, 0.1) is 21.4 Å². The minimum absolute atomic E-state index is 0.0390. The maximum Gasteiger partial charge on any atom is 0.296 e. The number of nitrogens with zero attached hydrogens (tertiary/aromatic N) is 2. The summed E-state index contributed by atoms with van der Waals surface area (Å²) in [4.78, 5) is 23.0. The zero-order valence-electron chi connectivity index (χ0n) is 14.4. The average Bonchev–Trinajstić information content (AvgIpc) is 2.66. The van der Waals surface area contributed by atoms with Gasteiger partial charge in [-0.05, 0) is 51.8 Å². The zero-order valence-corrected chi connectivity index (χ0v) is 15.9. The SMILES string of the molecule is COc1ccc(NC(=O)/C(C#N)=C/c2ccc(OC)c(Br)c2)c([N+](=O)[O-])c1. The molecule has 9 heteroatoms. The number of nitrogens with one attached hydrogen (secondary N) is 1. The van der Waals surface area contributed by atoms with Gasteiger partial charge in [-0.25, -0.2) is 0 Å². The highest BCUT2D eigenvalue weighted by atomic mass is 79.9. The summed E-state index contributed by atoms with van der Waals surface area (Å²) in [6.45, 7) is 0. The second kappa shape index (κ2) is 8.82. The van der Waals surface area contributed by atoms with Crippen molar-refractivity contribution in [1.82, 2.24) is 0 Å². The van der Waals surface area contributed by atoms with Crippen LogP contribution >= 0.6 is 15.9 Å². The normalized spacial score (nSPS) is 10.7.